The van der Waals surface area contributed by atoms with Crippen LogP contribution in [0.25, 0.3) is 5.82 Å². The minimum absolute atomic E-state index is 0.0809. The fourth-order valence-corrected chi connectivity index (χ4v) is 5.56. The van der Waals surface area contributed by atoms with E-state index in [0.29, 0.717) is 35.7 Å². The normalized spacial score (nSPS) is 15.0. The Morgan fingerprint density at radius 2 is 1.81 bits per heavy atom. The number of anilines is 2. The monoisotopic (exact) mass is 571 g/mol. The van der Waals surface area contributed by atoms with Crippen LogP contribution >= 0.6 is 0 Å². The van der Waals surface area contributed by atoms with Crippen molar-refractivity contribution in [2.45, 2.75) is 19.9 Å². The standard InChI is InChI=1S/C33H29N7O3/c1-4-43-27-18-21(15-16-26(27)41)30-29-20(2)38-40(28-14-7-8-17-34-28)32(29)37-33-31(35-22-10-9-11-23(19-22)42-3)36-24-12-5-6-13-25(24)39(30)33/h5-19,30,41H,4H2,1-3H3,(H,35,36)/t30-/m0/s1. The number of aryl methyl sites for hydroxylation is 1. The van der Waals surface area contributed by atoms with E-state index in [1.165, 1.54) is 0 Å². The van der Waals surface area contributed by atoms with Gasteiger partial charge >= 0.3 is 0 Å². The molecular weight excluding hydrogens is 542 g/mol. The Bertz CT molecular complexity index is 1900. The Labute approximate surface area is 248 Å². The van der Waals surface area contributed by atoms with Crippen LogP contribution in [0.1, 0.15) is 29.8 Å². The van der Waals surface area contributed by atoms with Crippen molar-refractivity contribution < 1.29 is 14.6 Å². The molecule has 2 aromatic heterocycles. The summed E-state index contributed by atoms with van der Waals surface area (Å²) in [6.07, 6.45) is 1.74. The van der Waals surface area contributed by atoms with E-state index in [4.69, 9.17) is 24.6 Å². The van der Waals surface area contributed by atoms with Gasteiger partial charge in [0.2, 0.25) is 0 Å². The van der Waals surface area contributed by atoms with E-state index in [-0.39, 0.29) is 11.8 Å². The van der Waals surface area contributed by atoms with Gasteiger partial charge in [-0.3, -0.25) is 0 Å². The van der Waals surface area contributed by atoms with Crippen molar-refractivity contribution in [1.82, 2.24) is 14.8 Å². The molecule has 4 heterocycles. The van der Waals surface area contributed by atoms with Crippen LogP contribution in [0.3, 0.4) is 0 Å². The largest absolute Gasteiger partial charge is 0.504 e. The van der Waals surface area contributed by atoms with Gasteiger partial charge < -0.3 is 24.8 Å². The van der Waals surface area contributed by atoms with E-state index in [1.807, 2.05) is 92.7 Å². The zero-order chi connectivity index (χ0) is 29.5. The number of phenols is 1. The summed E-state index contributed by atoms with van der Waals surface area (Å²) in [7, 11) is 1.64. The summed E-state index contributed by atoms with van der Waals surface area (Å²) >= 11 is 0. The maximum absolute atomic E-state index is 10.6. The second-order valence-electron chi connectivity index (χ2n) is 10.1. The summed E-state index contributed by atoms with van der Waals surface area (Å²) in [5.74, 6) is 3.70. The molecule has 0 saturated carbocycles. The van der Waals surface area contributed by atoms with Gasteiger partial charge in [-0.05, 0) is 67.9 Å². The van der Waals surface area contributed by atoms with Gasteiger partial charge in [-0.1, -0.05) is 30.3 Å². The van der Waals surface area contributed by atoms with Crippen LogP contribution in [0.5, 0.6) is 17.2 Å². The van der Waals surface area contributed by atoms with Crippen molar-refractivity contribution in [1.29, 1.82) is 0 Å². The second kappa shape index (κ2) is 10.6. The molecule has 5 aromatic rings. The molecule has 7 rings (SSSR count). The van der Waals surface area contributed by atoms with Crippen LogP contribution in [-0.2, 0) is 0 Å². The van der Waals surface area contributed by atoms with E-state index < -0.39 is 0 Å². The molecule has 0 unspecified atom stereocenters. The molecule has 3 aromatic carbocycles. The first-order valence-corrected chi connectivity index (χ1v) is 14.0. The van der Waals surface area contributed by atoms with Crippen LogP contribution in [-0.4, -0.2) is 45.3 Å². The number of phenolic OH excluding ortho intramolecular Hbond substituents is 1. The molecule has 0 aliphatic carbocycles. The summed E-state index contributed by atoms with van der Waals surface area (Å²) in [4.78, 5) is 17.0. The number of nitrogens with zero attached hydrogens (tertiary/aromatic N) is 6. The lowest BCUT2D eigenvalue weighted by Gasteiger charge is -2.40. The summed E-state index contributed by atoms with van der Waals surface area (Å²) in [5.41, 5.74) is 5.11. The average molecular weight is 572 g/mol. The number of aromatic hydroxyl groups is 1. The van der Waals surface area contributed by atoms with Crippen molar-refractivity contribution in [2.75, 3.05) is 23.9 Å². The van der Waals surface area contributed by atoms with Crippen LogP contribution < -0.4 is 19.7 Å². The van der Waals surface area contributed by atoms with Gasteiger partial charge in [0.1, 0.15) is 5.75 Å². The van der Waals surface area contributed by atoms with E-state index in [9.17, 15) is 5.11 Å². The van der Waals surface area contributed by atoms with Gasteiger partial charge in [0.15, 0.2) is 34.8 Å². The first-order chi connectivity index (χ1) is 21.1. The number of hydrogen-bond acceptors (Lipinski definition) is 9. The van der Waals surface area contributed by atoms with Crippen LogP contribution in [0.4, 0.5) is 22.9 Å². The van der Waals surface area contributed by atoms with E-state index >= 15 is 0 Å². The number of rotatable bonds is 6. The Hall–Kier alpha value is -5.64. The quantitative estimate of drug-likeness (QED) is 0.240. The predicted octanol–water partition coefficient (Wildman–Crippen LogP) is 6.48. The third-order valence-corrected chi connectivity index (χ3v) is 7.44. The number of benzene rings is 3. The van der Waals surface area contributed by atoms with Crippen molar-refractivity contribution >= 4 is 34.6 Å². The van der Waals surface area contributed by atoms with Crippen LogP contribution in [0.2, 0.25) is 0 Å². The molecule has 10 nitrogen and oxygen atoms in total. The van der Waals surface area contributed by atoms with Crippen molar-refractivity contribution in [3.63, 3.8) is 0 Å². The lowest BCUT2D eigenvalue weighted by atomic mass is 9.93. The van der Waals surface area contributed by atoms with Gasteiger partial charge in [0, 0.05) is 23.5 Å². The lowest BCUT2D eigenvalue weighted by Crippen LogP contribution is -2.46. The highest BCUT2D eigenvalue weighted by Crippen LogP contribution is 2.49. The first-order valence-electron chi connectivity index (χ1n) is 14.0. The smallest absolute Gasteiger partial charge is 0.179 e. The number of methoxy groups -OCH3 is 1. The van der Waals surface area contributed by atoms with Crippen LogP contribution in [0, 0.1) is 6.92 Å². The third-order valence-electron chi connectivity index (χ3n) is 7.44. The summed E-state index contributed by atoms with van der Waals surface area (Å²) < 4.78 is 13.0. The highest BCUT2D eigenvalue weighted by Gasteiger charge is 2.41. The SMILES string of the molecule is CCOc1cc([C@H]2c3c(C)nn(-c4ccccn4)c3N=C3C(Nc4cccc(OC)c4)=Nc4ccccc4N32)ccc1O. The fraction of sp³-hybridized carbons (Fsp3) is 0.152. The number of aromatic nitrogens is 3. The molecule has 43 heavy (non-hydrogen) atoms. The number of pyridine rings is 1. The zero-order valence-electron chi connectivity index (χ0n) is 23.9. The molecule has 10 heteroatoms. The molecule has 0 spiro atoms. The number of hydrogen-bond donors (Lipinski definition) is 2. The average Bonchev–Trinajstić information content (AvgIpc) is 3.37. The predicted molar refractivity (Wildman–Crippen MR) is 167 cm³/mol. The number of nitrogens with one attached hydrogen (secondary N) is 1. The number of amidine groups is 2. The van der Waals surface area contributed by atoms with Gasteiger partial charge in [-0.2, -0.15) is 9.78 Å². The highest BCUT2D eigenvalue weighted by atomic mass is 16.5. The molecule has 2 aliphatic rings. The second-order valence-corrected chi connectivity index (χ2v) is 10.1. The molecule has 2 aliphatic heterocycles. The van der Waals surface area contributed by atoms with E-state index in [0.717, 1.165) is 39.6 Å². The first kappa shape index (κ1) is 26.3. The minimum Gasteiger partial charge on any atom is -0.504 e. The Kier molecular flexibility index (Phi) is 6.50. The Balaban J connectivity index is 1.49. The molecule has 2 N–H and O–H groups in total. The topological polar surface area (TPSA) is 109 Å². The zero-order valence-corrected chi connectivity index (χ0v) is 23.9. The molecule has 214 valence electrons. The molecule has 1 atom stereocenters. The minimum atomic E-state index is -0.376. The Morgan fingerprint density at radius 3 is 2.63 bits per heavy atom. The van der Waals surface area contributed by atoms with Gasteiger partial charge in [-0.15, -0.1) is 0 Å². The third kappa shape index (κ3) is 4.53. The van der Waals surface area contributed by atoms with E-state index in [1.54, 1.807) is 24.1 Å². The molecule has 0 bridgehead atoms. The maximum atomic E-state index is 10.6. The lowest BCUT2D eigenvalue weighted by molar-refractivity contribution is 0.317. The van der Waals surface area contributed by atoms with Gasteiger partial charge in [0.25, 0.3) is 0 Å². The number of fused-ring (bicyclic) bond motifs is 4. The fourth-order valence-electron chi connectivity index (χ4n) is 5.56. The van der Waals surface area contributed by atoms with Crippen molar-refractivity contribution in [2.24, 2.45) is 9.98 Å². The molecule has 0 saturated heterocycles. The highest BCUT2D eigenvalue weighted by molar-refractivity contribution is 6.51. The number of ether oxygens (including phenoxy) is 2. The molecule has 0 radical (unpaired) electrons. The van der Waals surface area contributed by atoms with Gasteiger partial charge in [-0.25, -0.2) is 15.0 Å². The summed E-state index contributed by atoms with van der Waals surface area (Å²) in [5, 5.41) is 19.0. The van der Waals surface area contributed by atoms with Crippen molar-refractivity contribution in [3.05, 3.63) is 108 Å². The summed E-state index contributed by atoms with van der Waals surface area (Å²) in [6.45, 7) is 4.30. The van der Waals surface area contributed by atoms with E-state index in [2.05, 4.69) is 15.2 Å². The van der Waals surface area contributed by atoms with Crippen molar-refractivity contribution in [3.8, 4) is 23.1 Å². The van der Waals surface area contributed by atoms with Gasteiger partial charge in [0.05, 0.1) is 36.8 Å². The number of aliphatic imine (C=N–C) groups is 2. The molecular formula is C33H29N7O3. The Morgan fingerprint density at radius 1 is 0.953 bits per heavy atom. The van der Waals surface area contributed by atoms with Crippen LogP contribution in [0.15, 0.2) is 101 Å². The molecule has 0 fully saturated rings. The number of para-hydroxylation sites is 2. The molecule has 0 amide bonds. The maximum Gasteiger partial charge on any atom is 0.179 e. The summed E-state index contributed by atoms with van der Waals surface area (Å²) in [6, 6.07) is 26.5.